The normalized spacial score (nSPS) is 11.7. The first-order valence-corrected chi connectivity index (χ1v) is 8.99. The van der Waals surface area contributed by atoms with E-state index in [2.05, 4.69) is 10.6 Å². The first-order chi connectivity index (χ1) is 12.6. The quantitative estimate of drug-likeness (QED) is 0.541. The zero-order chi connectivity index (χ0) is 20.6. The zero-order valence-corrected chi connectivity index (χ0v) is 16.3. The third-order valence-corrected chi connectivity index (χ3v) is 4.06. The first kappa shape index (κ1) is 22.3. The van der Waals surface area contributed by atoms with E-state index in [9.17, 15) is 19.2 Å². The molecular formula is C20H28N2O5. The van der Waals surface area contributed by atoms with Crippen LogP contribution in [0.15, 0.2) is 18.2 Å². The Bertz CT molecular complexity index is 712. The molecule has 1 aromatic rings. The van der Waals surface area contributed by atoms with Crippen LogP contribution in [0.25, 0.3) is 0 Å². The number of carboxylic acid groups (broad SMARTS) is 1. The van der Waals surface area contributed by atoms with E-state index in [-0.39, 0.29) is 31.1 Å². The minimum atomic E-state index is -1.11. The predicted octanol–water partition coefficient (Wildman–Crippen LogP) is 2.00. The molecule has 0 unspecified atom stereocenters. The molecule has 27 heavy (non-hydrogen) atoms. The number of hydrogen-bond donors (Lipinski definition) is 3. The van der Waals surface area contributed by atoms with Crippen LogP contribution in [0.4, 0.5) is 0 Å². The number of hydrogen-bond acceptors (Lipinski definition) is 4. The lowest BCUT2D eigenvalue weighted by Crippen LogP contribution is -2.46. The summed E-state index contributed by atoms with van der Waals surface area (Å²) in [5.41, 5.74) is 2.42. The third kappa shape index (κ3) is 8.02. The van der Waals surface area contributed by atoms with Crippen molar-refractivity contribution in [2.45, 2.75) is 53.0 Å². The van der Waals surface area contributed by atoms with Gasteiger partial charge in [0.25, 0.3) is 0 Å². The van der Waals surface area contributed by atoms with Gasteiger partial charge in [0, 0.05) is 18.4 Å². The number of carboxylic acids is 1. The van der Waals surface area contributed by atoms with E-state index in [0.29, 0.717) is 12.0 Å². The van der Waals surface area contributed by atoms with E-state index < -0.39 is 23.8 Å². The lowest BCUT2D eigenvalue weighted by Gasteiger charge is -2.16. The van der Waals surface area contributed by atoms with E-state index in [1.54, 1.807) is 6.07 Å². The van der Waals surface area contributed by atoms with Crippen LogP contribution < -0.4 is 10.6 Å². The number of carbonyl (C=O) groups excluding carboxylic acids is 3. The summed E-state index contributed by atoms with van der Waals surface area (Å²) < 4.78 is 0. The number of ketones is 1. The van der Waals surface area contributed by atoms with Gasteiger partial charge >= 0.3 is 5.97 Å². The molecule has 148 valence electrons. The number of aliphatic carboxylic acids is 1. The largest absolute Gasteiger partial charge is 0.480 e. The van der Waals surface area contributed by atoms with Gasteiger partial charge in [0.2, 0.25) is 11.8 Å². The molecule has 3 N–H and O–H groups in total. The highest BCUT2D eigenvalue weighted by Gasteiger charge is 2.21. The van der Waals surface area contributed by atoms with Crippen molar-refractivity contribution in [1.29, 1.82) is 0 Å². The fourth-order valence-corrected chi connectivity index (χ4v) is 2.60. The average Bonchev–Trinajstić information content (AvgIpc) is 2.58. The number of amides is 2. The molecule has 0 aliphatic heterocycles. The van der Waals surface area contributed by atoms with Crippen molar-refractivity contribution in [3.63, 3.8) is 0 Å². The molecule has 0 saturated carbocycles. The van der Waals surface area contributed by atoms with Crippen LogP contribution in [0.3, 0.4) is 0 Å². The number of carbonyl (C=O) groups is 4. The number of aryl methyl sites for hydroxylation is 2. The lowest BCUT2D eigenvalue weighted by molar-refractivity contribution is -0.142. The maximum absolute atomic E-state index is 12.3. The summed E-state index contributed by atoms with van der Waals surface area (Å²) in [6.07, 6.45) is 0.316. The second-order valence-corrected chi connectivity index (χ2v) is 7.11. The summed E-state index contributed by atoms with van der Waals surface area (Å²) >= 11 is 0. The smallest absolute Gasteiger partial charge is 0.326 e. The van der Waals surface area contributed by atoms with E-state index >= 15 is 0 Å². The molecule has 7 nitrogen and oxygen atoms in total. The second-order valence-electron chi connectivity index (χ2n) is 7.11. The summed E-state index contributed by atoms with van der Waals surface area (Å²) in [5, 5.41) is 13.9. The monoisotopic (exact) mass is 376 g/mol. The highest BCUT2D eigenvalue weighted by molar-refractivity contribution is 5.99. The molecule has 0 aliphatic rings. The molecule has 2 amide bonds. The maximum atomic E-state index is 12.3. The standard InChI is InChI=1S/C20H28N2O5/c1-12(2)9-16(20(26)27)22-19(25)11-21-18(24)8-7-17(23)15-10-13(3)5-6-14(15)4/h5-6,10,12,16H,7-9,11H2,1-4H3,(H,21,24)(H,22,25)(H,26,27)/t16-/m0/s1. The van der Waals surface area contributed by atoms with Crippen LogP contribution in [0.2, 0.25) is 0 Å². The van der Waals surface area contributed by atoms with Gasteiger partial charge in [-0.3, -0.25) is 14.4 Å². The van der Waals surface area contributed by atoms with Crippen molar-refractivity contribution in [2.24, 2.45) is 5.92 Å². The number of rotatable bonds is 10. The topological polar surface area (TPSA) is 113 Å². The molecule has 0 spiro atoms. The van der Waals surface area contributed by atoms with Crippen LogP contribution in [-0.2, 0) is 14.4 Å². The fraction of sp³-hybridized carbons (Fsp3) is 0.500. The molecule has 0 saturated heterocycles. The van der Waals surface area contributed by atoms with Crippen molar-refractivity contribution < 1.29 is 24.3 Å². The van der Waals surface area contributed by atoms with Gasteiger partial charge in [-0.2, -0.15) is 0 Å². The van der Waals surface area contributed by atoms with Crippen LogP contribution in [0.5, 0.6) is 0 Å². The van der Waals surface area contributed by atoms with Gasteiger partial charge in [0.15, 0.2) is 5.78 Å². The highest BCUT2D eigenvalue weighted by atomic mass is 16.4. The SMILES string of the molecule is Cc1ccc(C)c(C(=O)CCC(=O)NCC(=O)N[C@@H](CC(C)C)C(=O)O)c1. The molecule has 0 aliphatic carbocycles. The number of Topliss-reactive ketones (excluding diaryl/α,β-unsaturated/α-hetero) is 1. The Labute approximate surface area is 159 Å². The summed E-state index contributed by atoms with van der Waals surface area (Å²) in [6, 6.07) is 4.59. The minimum absolute atomic E-state index is 0.0339. The Morgan fingerprint density at radius 1 is 1.04 bits per heavy atom. The van der Waals surface area contributed by atoms with Crippen LogP contribution >= 0.6 is 0 Å². The Morgan fingerprint density at radius 2 is 1.70 bits per heavy atom. The lowest BCUT2D eigenvalue weighted by atomic mass is 9.99. The summed E-state index contributed by atoms with van der Waals surface area (Å²) in [5.74, 6) is -2.13. The molecule has 0 aromatic heterocycles. The van der Waals surface area contributed by atoms with Gasteiger partial charge in [-0.25, -0.2) is 4.79 Å². The first-order valence-electron chi connectivity index (χ1n) is 8.99. The Kier molecular flexibility index (Phi) is 8.65. The van der Waals surface area contributed by atoms with Gasteiger partial charge in [-0.15, -0.1) is 0 Å². The van der Waals surface area contributed by atoms with E-state index in [1.165, 1.54) is 0 Å². The summed E-state index contributed by atoms with van der Waals surface area (Å²) in [6.45, 7) is 7.13. The molecule has 0 bridgehead atoms. The third-order valence-electron chi connectivity index (χ3n) is 4.06. The van der Waals surface area contributed by atoms with Crippen molar-refractivity contribution in [3.05, 3.63) is 34.9 Å². The van der Waals surface area contributed by atoms with Gasteiger partial charge in [-0.1, -0.05) is 31.5 Å². The second kappa shape index (κ2) is 10.4. The van der Waals surface area contributed by atoms with Gasteiger partial charge in [-0.05, 0) is 37.8 Å². The van der Waals surface area contributed by atoms with Crippen molar-refractivity contribution >= 4 is 23.6 Å². The van der Waals surface area contributed by atoms with E-state index in [0.717, 1.165) is 11.1 Å². The van der Waals surface area contributed by atoms with Crippen LogP contribution in [0.1, 0.15) is 54.6 Å². The molecule has 0 fully saturated rings. The Morgan fingerprint density at radius 3 is 2.30 bits per heavy atom. The summed E-state index contributed by atoms with van der Waals surface area (Å²) in [4.78, 5) is 47.1. The maximum Gasteiger partial charge on any atom is 0.326 e. The predicted molar refractivity (Wildman–Crippen MR) is 102 cm³/mol. The molecule has 7 heteroatoms. The summed E-state index contributed by atoms with van der Waals surface area (Å²) in [7, 11) is 0. The average molecular weight is 376 g/mol. The molecular weight excluding hydrogens is 348 g/mol. The zero-order valence-electron chi connectivity index (χ0n) is 16.3. The molecule has 0 heterocycles. The van der Waals surface area contributed by atoms with Gasteiger partial charge in [0.05, 0.1) is 6.54 Å². The van der Waals surface area contributed by atoms with Crippen molar-refractivity contribution in [3.8, 4) is 0 Å². The fourth-order valence-electron chi connectivity index (χ4n) is 2.60. The van der Waals surface area contributed by atoms with Crippen LogP contribution in [-0.4, -0.2) is 41.3 Å². The van der Waals surface area contributed by atoms with E-state index in [4.69, 9.17) is 5.11 Å². The Hall–Kier alpha value is -2.70. The molecule has 1 aromatic carbocycles. The van der Waals surface area contributed by atoms with E-state index in [1.807, 2.05) is 39.8 Å². The molecule has 1 rings (SSSR count). The van der Waals surface area contributed by atoms with Crippen molar-refractivity contribution in [2.75, 3.05) is 6.54 Å². The Balaban J connectivity index is 2.44. The van der Waals surface area contributed by atoms with Gasteiger partial charge in [0.1, 0.15) is 6.04 Å². The van der Waals surface area contributed by atoms with Gasteiger partial charge < -0.3 is 15.7 Å². The number of nitrogens with one attached hydrogen (secondary N) is 2. The highest BCUT2D eigenvalue weighted by Crippen LogP contribution is 2.13. The minimum Gasteiger partial charge on any atom is -0.480 e. The number of benzene rings is 1. The van der Waals surface area contributed by atoms with Crippen LogP contribution in [0, 0.1) is 19.8 Å². The molecule has 0 radical (unpaired) electrons. The van der Waals surface area contributed by atoms with Crippen molar-refractivity contribution in [1.82, 2.24) is 10.6 Å². The molecule has 1 atom stereocenters.